The zero-order valence-corrected chi connectivity index (χ0v) is 21.0. The summed E-state index contributed by atoms with van der Waals surface area (Å²) in [6, 6.07) is 6.23. The van der Waals surface area contributed by atoms with Gasteiger partial charge < -0.3 is 4.74 Å². The molecule has 1 N–H and O–H groups in total. The Hall–Kier alpha value is -1.07. The van der Waals surface area contributed by atoms with E-state index in [1.54, 1.807) is 0 Å². The maximum atomic E-state index is 11.2. The van der Waals surface area contributed by atoms with Crippen LogP contribution in [0, 0.1) is 0 Å². The molecule has 0 saturated heterocycles. The third-order valence-corrected chi connectivity index (χ3v) is 6.72. The molecule has 0 fully saturated rings. The zero-order chi connectivity index (χ0) is 23.0. The molecule has 180 valence electrons. The van der Waals surface area contributed by atoms with Crippen molar-refractivity contribution in [1.29, 1.82) is 0 Å². The molecule has 31 heavy (non-hydrogen) atoms. The third kappa shape index (κ3) is 13.8. The molecule has 0 aliphatic heterocycles. The first-order valence-electron chi connectivity index (χ1n) is 12.6. The molecule has 0 heterocycles. The van der Waals surface area contributed by atoms with Crippen molar-refractivity contribution in [3.63, 3.8) is 0 Å². The molecule has 1 atom stereocenters. The lowest BCUT2D eigenvalue weighted by molar-refractivity contribution is 0.216. The summed E-state index contributed by atoms with van der Waals surface area (Å²) in [5.74, 6) is 0.346. The van der Waals surface area contributed by atoms with Gasteiger partial charge in [-0.3, -0.25) is 4.55 Å². The van der Waals surface area contributed by atoms with Crippen molar-refractivity contribution >= 4 is 10.1 Å². The van der Waals surface area contributed by atoms with Gasteiger partial charge in [-0.15, -0.1) is 0 Å². The smallest absolute Gasteiger partial charge is 0.268 e. The van der Waals surface area contributed by atoms with Crippen molar-refractivity contribution in [1.82, 2.24) is 0 Å². The van der Waals surface area contributed by atoms with E-state index in [1.165, 1.54) is 88.2 Å². The van der Waals surface area contributed by atoms with E-state index in [1.807, 2.05) is 13.0 Å². The highest BCUT2D eigenvalue weighted by atomic mass is 32.2. The van der Waals surface area contributed by atoms with E-state index in [4.69, 9.17) is 9.29 Å². The van der Waals surface area contributed by atoms with Crippen molar-refractivity contribution in [2.24, 2.45) is 0 Å². The van der Waals surface area contributed by atoms with Crippen molar-refractivity contribution < 1.29 is 17.7 Å². The maximum absolute atomic E-state index is 11.2. The van der Waals surface area contributed by atoms with Gasteiger partial charge in [-0.05, 0) is 55.4 Å². The van der Waals surface area contributed by atoms with E-state index < -0.39 is 16.2 Å². The molecule has 0 aromatic heterocycles. The summed E-state index contributed by atoms with van der Waals surface area (Å²) >= 11 is 0. The number of aryl methyl sites for hydroxylation is 2. The first kappa shape index (κ1) is 28.0. The monoisotopic (exact) mass is 454 g/mol. The molecule has 4 nitrogen and oxygen atoms in total. The molecule has 1 aromatic rings. The van der Waals surface area contributed by atoms with Crippen LogP contribution in [0.25, 0.3) is 0 Å². The van der Waals surface area contributed by atoms with Gasteiger partial charge in [0.05, 0.1) is 0 Å². The molecule has 1 rings (SSSR count). The van der Waals surface area contributed by atoms with Crippen molar-refractivity contribution in [2.75, 3.05) is 5.75 Å². The van der Waals surface area contributed by atoms with Crippen LogP contribution in [0.1, 0.15) is 115 Å². The molecule has 0 spiro atoms. The van der Waals surface area contributed by atoms with E-state index >= 15 is 0 Å². The Bertz CT molecular complexity index is 685. The van der Waals surface area contributed by atoms with Gasteiger partial charge in [0, 0.05) is 0 Å². The van der Waals surface area contributed by atoms with E-state index in [-0.39, 0.29) is 5.75 Å². The van der Waals surface area contributed by atoms with E-state index in [0.717, 1.165) is 12.8 Å². The Morgan fingerprint density at radius 2 is 1.29 bits per heavy atom. The number of unbranched alkanes of at least 4 members (excludes halogenated alkanes) is 10. The lowest BCUT2D eigenvalue weighted by Crippen LogP contribution is -2.25. The summed E-state index contributed by atoms with van der Waals surface area (Å²) in [6.07, 6.45) is 17.5. The lowest BCUT2D eigenvalue weighted by Gasteiger charge is -2.18. The first-order chi connectivity index (χ1) is 14.9. The third-order valence-electron chi connectivity index (χ3n) is 5.93. The topological polar surface area (TPSA) is 63.6 Å². The van der Waals surface area contributed by atoms with Gasteiger partial charge in [-0.2, -0.15) is 8.42 Å². The molecule has 0 amide bonds. The molecule has 0 aliphatic rings. The maximum Gasteiger partial charge on any atom is 0.268 e. The van der Waals surface area contributed by atoms with E-state index in [2.05, 4.69) is 26.0 Å². The summed E-state index contributed by atoms with van der Waals surface area (Å²) in [5.41, 5.74) is 2.74. The quantitative estimate of drug-likeness (QED) is 0.173. The second-order valence-electron chi connectivity index (χ2n) is 8.86. The first-order valence-corrected chi connectivity index (χ1v) is 14.2. The van der Waals surface area contributed by atoms with Crippen molar-refractivity contribution in [2.45, 2.75) is 123 Å². The van der Waals surface area contributed by atoms with Crippen LogP contribution < -0.4 is 4.74 Å². The van der Waals surface area contributed by atoms with Crippen LogP contribution in [-0.4, -0.2) is 24.8 Å². The second kappa shape index (κ2) is 16.5. The standard InChI is InChI=1S/C26H46O4S/c1-4-7-9-11-13-15-17-23-19-20-26(30-25(6-3)22-31(27,28)29)21-24(23)18-16-14-12-10-8-5-2/h19-21,25H,4-18,22H2,1-3H3,(H,27,28,29). The number of rotatable bonds is 19. The average molecular weight is 455 g/mol. The summed E-state index contributed by atoms with van der Waals surface area (Å²) < 4.78 is 37.6. The highest BCUT2D eigenvalue weighted by molar-refractivity contribution is 7.85. The predicted molar refractivity (Wildman–Crippen MR) is 132 cm³/mol. The minimum atomic E-state index is -4.05. The van der Waals surface area contributed by atoms with Crippen LogP contribution in [0.5, 0.6) is 5.75 Å². The van der Waals surface area contributed by atoms with Gasteiger partial charge in [-0.1, -0.05) is 91.0 Å². The van der Waals surface area contributed by atoms with Crippen LogP contribution in [0.3, 0.4) is 0 Å². The molecule has 0 radical (unpaired) electrons. The van der Waals surface area contributed by atoms with Crippen LogP contribution in [0.15, 0.2) is 18.2 Å². The molecule has 5 heteroatoms. The number of hydrogen-bond donors (Lipinski definition) is 1. The fraction of sp³-hybridized carbons (Fsp3) is 0.769. The van der Waals surface area contributed by atoms with Gasteiger partial charge in [0.15, 0.2) is 0 Å². The van der Waals surface area contributed by atoms with Gasteiger partial charge in [0.2, 0.25) is 0 Å². The highest BCUT2D eigenvalue weighted by Crippen LogP contribution is 2.24. The van der Waals surface area contributed by atoms with Crippen LogP contribution in [0.2, 0.25) is 0 Å². The van der Waals surface area contributed by atoms with Crippen molar-refractivity contribution in [3.8, 4) is 5.75 Å². The summed E-state index contributed by atoms with van der Waals surface area (Å²) in [5, 5.41) is 0. The van der Waals surface area contributed by atoms with E-state index in [0.29, 0.717) is 12.2 Å². The largest absolute Gasteiger partial charge is 0.489 e. The minimum Gasteiger partial charge on any atom is -0.489 e. The second-order valence-corrected chi connectivity index (χ2v) is 10.4. The van der Waals surface area contributed by atoms with Crippen LogP contribution >= 0.6 is 0 Å². The molecule has 1 aromatic carbocycles. The fourth-order valence-electron chi connectivity index (χ4n) is 4.01. The number of hydrogen-bond acceptors (Lipinski definition) is 3. The average Bonchev–Trinajstić information content (AvgIpc) is 2.72. The molecule has 0 saturated carbocycles. The van der Waals surface area contributed by atoms with Gasteiger partial charge in [-0.25, -0.2) is 0 Å². The molecular formula is C26H46O4S. The van der Waals surface area contributed by atoms with Crippen LogP contribution in [-0.2, 0) is 23.0 Å². The van der Waals surface area contributed by atoms with Gasteiger partial charge in [0.25, 0.3) is 10.1 Å². The Balaban J connectivity index is 2.73. The molecule has 1 unspecified atom stereocenters. The molecular weight excluding hydrogens is 408 g/mol. The lowest BCUT2D eigenvalue weighted by atomic mass is 9.96. The Morgan fingerprint density at radius 1 is 0.774 bits per heavy atom. The van der Waals surface area contributed by atoms with E-state index in [9.17, 15) is 8.42 Å². The highest BCUT2D eigenvalue weighted by Gasteiger charge is 2.17. The summed E-state index contributed by atoms with van der Waals surface area (Å²) in [4.78, 5) is 0. The Morgan fingerprint density at radius 3 is 1.81 bits per heavy atom. The molecule has 0 aliphatic carbocycles. The fourth-order valence-corrected chi connectivity index (χ4v) is 4.78. The summed E-state index contributed by atoms with van der Waals surface area (Å²) in [6.45, 7) is 6.36. The number of ether oxygens (including phenoxy) is 1. The SMILES string of the molecule is CCCCCCCCc1ccc(OC(CC)CS(=O)(=O)O)cc1CCCCCCCC. The van der Waals surface area contributed by atoms with Gasteiger partial charge >= 0.3 is 0 Å². The van der Waals surface area contributed by atoms with Crippen LogP contribution in [0.4, 0.5) is 0 Å². The predicted octanol–water partition coefficient (Wildman–Crippen LogP) is 7.54. The summed E-state index contributed by atoms with van der Waals surface area (Å²) in [7, 11) is -4.05. The van der Waals surface area contributed by atoms with Crippen molar-refractivity contribution in [3.05, 3.63) is 29.3 Å². The number of benzene rings is 1. The Labute approximate surface area is 191 Å². The zero-order valence-electron chi connectivity index (χ0n) is 20.2. The molecule has 0 bridgehead atoms. The minimum absolute atomic E-state index is 0.365. The van der Waals surface area contributed by atoms with Gasteiger partial charge in [0.1, 0.15) is 17.6 Å². The Kier molecular flexibility index (Phi) is 14.9. The normalized spacial score (nSPS) is 12.8.